The van der Waals surface area contributed by atoms with Gasteiger partial charge in [0.2, 0.25) is 0 Å². The van der Waals surface area contributed by atoms with Crippen molar-refractivity contribution < 1.29 is 0 Å². The van der Waals surface area contributed by atoms with Gasteiger partial charge in [-0.25, -0.2) is 14.6 Å². The summed E-state index contributed by atoms with van der Waals surface area (Å²) in [4.78, 5) is 25.5. The Bertz CT molecular complexity index is 813. The Morgan fingerprint density at radius 1 is 1.08 bits per heavy atom. The van der Waals surface area contributed by atoms with Crippen LogP contribution in [0.2, 0.25) is 0 Å². The summed E-state index contributed by atoms with van der Waals surface area (Å²) in [6.07, 6.45) is 2.00. The van der Waals surface area contributed by atoms with Gasteiger partial charge in [-0.3, -0.25) is 4.79 Å². The van der Waals surface area contributed by atoms with Crippen molar-refractivity contribution in [3.05, 3.63) is 33.7 Å². The predicted molar refractivity (Wildman–Crippen MR) is 102 cm³/mol. The lowest BCUT2D eigenvalue weighted by Crippen LogP contribution is -2.47. The molecule has 0 bridgehead atoms. The number of thioether (sulfide) groups is 1. The van der Waals surface area contributed by atoms with Crippen LogP contribution in [-0.4, -0.2) is 52.2 Å². The fourth-order valence-corrected chi connectivity index (χ4v) is 3.37. The molecule has 0 N–H and O–H groups in total. The highest BCUT2D eigenvalue weighted by Crippen LogP contribution is 2.24. The molecule has 1 aliphatic rings. The minimum Gasteiger partial charge on any atom is -0.353 e. The minimum atomic E-state index is -0.0541. The topological polar surface area (TPSA) is 67.2 Å². The van der Waals surface area contributed by atoms with E-state index in [9.17, 15) is 4.79 Å². The summed E-state index contributed by atoms with van der Waals surface area (Å²) in [5.74, 6) is 1.89. The summed E-state index contributed by atoms with van der Waals surface area (Å²) >= 11 is 1.57. The van der Waals surface area contributed by atoms with Gasteiger partial charge in [0.05, 0.1) is 0 Å². The standard InChI is InChI=1S/C17H24N6OS/c1-5-23-15(24)7-6-14(20-23)21-8-10-22(11-9-21)16-12(2)13(3)18-17(19-16)25-4/h6-7H,5,8-11H2,1-4H3. The minimum absolute atomic E-state index is 0.0541. The first kappa shape index (κ1) is 17.7. The Balaban J connectivity index is 1.76. The second-order valence-electron chi connectivity index (χ2n) is 6.06. The van der Waals surface area contributed by atoms with Gasteiger partial charge in [-0.05, 0) is 33.1 Å². The zero-order valence-corrected chi connectivity index (χ0v) is 16.0. The molecule has 3 rings (SSSR count). The van der Waals surface area contributed by atoms with E-state index in [0.29, 0.717) is 6.54 Å². The number of piperazine rings is 1. The van der Waals surface area contributed by atoms with Gasteiger partial charge < -0.3 is 9.80 Å². The summed E-state index contributed by atoms with van der Waals surface area (Å²) in [7, 11) is 0. The van der Waals surface area contributed by atoms with E-state index in [4.69, 9.17) is 4.98 Å². The lowest BCUT2D eigenvalue weighted by molar-refractivity contribution is 0.586. The Hall–Kier alpha value is -2.09. The van der Waals surface area contributed by atoms with Crippen LogP contribution < -0.4 is 15.4 Å². The molecule has 0 saturated carbocycles. The molecule has 1 saturated heterocycles. The summed E-state index contributed by atoms with van der Waals surface area (Å²) < 4.78 is 1.50. The second kappa shape index (κ2) is 7.43. The lowest BCUT2D eigenvalue weighted by Gasteiger charge is -2.36. The Morgan fingerprint density at radius 3 is 2.40 bits per heavy atom. The van der Waals surface area contributed by atoms with Crippen LogP contribution in [0.3, 0.4) is 0 Å². The molecule has 3 heterocycles. The number of nitrogens with zero attached hydrogens (tertiary/aromatic N) is 6. The highest BCUT2D eigenvalue weighted by atomic mass is 32.2. The van der Waals surface area contributed by atoms with Gasteiger partial charge in [0.1, 0.15) is 11.6 Å². The molecule has 1 fully saturated rings. The molecule has 134 valence electrons. The van der Waals surface area contributed by atoms with Crippen molar-refractivity contribution in [2.24, 2.45) is 0 Å². The van der Waals surface area contributed by atoms with Gasteiger partial charge in [-0.1, -0.05) is 11.8 Å². The van der Waals surface area contributed by atoms with Crippen molar-refractivity contribution >= 4 is 23.4 Å². The van der Waals surface area contributed by atoms with Crippen LogP contribution in [0, 0.1) is 13.8 Å². The van der Waals surface area contributed by atoms with E-state index < -0.39 is 0 Å². The molecule has 0 aromatic carbocycles. The first-order chi connectivity index (χ1) is 12.0. The van der Waals surface area contributed by atoms with Crippen molar-refractivity contribution in [2.45, 2.75) is 32.5 Å². The highest BCUT2D eigenvalue weighted by Gasteiger charge is 2.22. The first-order valence-electron chi connectivity index (χ1n) is 8.50. The van der Waals surface area contributed by atoms with Crippen molar-refractivity contribution in [3.63, 3.8) is 0 Å². The maximum Gasteiger partial charge on any atom is 0.266 e. The Kier molecular flexibility index (Phi) is 5.27. The van der Waals surface area contributed by atoms with E-state index >= 15 is 0 Å². The average Bonchev–Trinajstić information content (AvgIpc) is 2.64. The van der Waals surface area contributed by atoms with Gasteiger partial charge in [-0.15, -0.1) is 0 Å². The Labute approximate surface area is 152 Å². The van der Waals surface area contributed by atoms with Crippen LogP contribution in [0.4, 0.5) is 11.6 Å². The molecule has 0 spiro atoms. The number of hydrogen-bond acceptors (Lipinski definition) is 7. The number of rotatable bonds is 4. The summed E-state index contributed by atoms with van der Waals surface area (Å²) in [6.45, 7) is 10.1. The third-order valence-corrected chi connectivity index (χ3v) is 5.13. The average molecular weight is 360 g/mol. The normalized spacial score (nSPS) is 14.9. The molecule has 2 aromatic heterocycles. The van der Waals surface area contributed by atoms with E-state index in [2.05, 4.69) is 26.8 Å². The fraction of sp³-hybridized carbons (Fsp3) is 0.529. The van der Waals surface area contributed by atoms with E-state index in [-0.39, 0.29) is 5.56 Å². The molecule has 1 aliphatic heterocycles. The lowest BCUT2D eigenvalue weighted by atomic mass is 10.2. The molecule has 0 unspecified atom stereocenters. The van der Waals surface area contributed by atoms with E-state index in [1.807, 2.05) is 26.2 Å². The van der Waals surface area contributed by atoms with Gasteiger partial charge in [-0.2, -0.15) is 5.10 Å². The second-order valence-corrected chi connectivity index (χ2v) is 6.84. The molecule has 7 nitrogen and oxygen atoms in total. The van der Waals surface area contributed by atoms with Crippen LogP contribution in [0.1, 0.15) is 18.2 Å². The number of anilines is 2. The summed E-state index contributed by atoms with van der Waals surface area (Å²) in [5, 5.41) is 5.27. The van der Waals surface area contributed by atoms with E-state index in [1.54, 1.807) is 17.8 Å². The number of aromatic nitrogens is 4. The predicted octanol–water partition coefficient (Wildman–Crippen LogP) is 1.72. The molecule has 2 aromatic rings. The maximum absolute atomic E-state index is 11.7. The molecule has 25 heavy (non-hydrogen) atoms. The van der Waals surface area contributed by atoms with Gasteiger partial charge in [0, 0.05) is 50.0 Å². The molecular formula is C17H24N6OS. The zero-order valence-electron chi connectivity index (χ0n) is 15.2. The molecular weight excluding hydrogens is 336 g/mol. The van der Waals surface area contributed by atoms with E-state index in [0.717, 1.165) is 54.2 Å². The molecule has 0 atom stereocenters. The third kappa shape index (κ3) is 3.63. The largest absolute Gasteiger partial charge is 0.353 e. The van der Waals surface area contributed by atoms with Crippen LogP contribution in [0.5, 0.6) is 0 Å². The van der Waals surface area contributed by atoms with Crippen LogP contribution in [0.25, 0.3) is 0 Å². The molecule has 0 radical (unpaired) electrons. The number of aryl methyl sites for hydroxylation is 2. The van der Waals surface area contributed by atoms with Crippen LogP contribution in [0.15, 0.2) is 22.1 Å². The SMILES string of the molecule is CCn1nc(N2CCN(c3nc(SC)nc(C)c3C)CC2)ccc1=O. The van der Waals surface area contributed by atoms with Crippen molar-refractivity contribution in [2.75, 3.05) is 42.2 Å². The highest BCUT2D eigenvalue weighted by molar-refractivity contribution is 7.98. The van der Waals surface area contributed by atoms with Crippen LogP contribution in [-0.2, 0) is 6.54 Å². The zero-order chi connectivity index (χ0) is 18.0. The monoisotopic (exact) mass is 360 g/mol. The first-order valence-corrected chi connectivity index (χ1v) is 9.73. The molecule has 0 aliphatic carbocycles. The fourth-order valence-electron chi connectivity index (χ4n) is 2.97. The quantitative estimate of drug-likeness (QED) is 0.607. The van der Waals surface area contributed by atoms with Gasteiger partial charge in [0.25, 0.3) is 5.56 Å². The number of hydrogen-bond donors (Lipinski definition) is 0. The summed E-state index contributed by atoms with van der Waals surface area (Å²) in [6, 6.07) is 3.41. The van der Waals surface area contributed by atoms with E-state index in [1.165, 1.54) is 4.68 Å². The van der Waals surface area contributed by atoms with Crippen LogP contribution >= 0.6 is 11.8 Å². The molecule has 8 heteroatoms. The van der Waals surface area contributed by atoms with Gasteiger partial charge in [0.15, 0.2) is 5.16 Å². The van der Waals surface area contributed by atoms with Crippen molar-refractivity contribution in [1.82, 2.24) is 19.7 Å². The van der Waals surface area contributed by atoms with Crippen molar-refractivity contribution in [3.8, 4) is 0 Å². The maximum atomic E-state index is 11.7. The smallest absolute Gasteiger partial charge is 0.266 e. The summed E-state index contributed by atoms with van der Waals surface area (Å²) in [5.41, 5.74) is 2.12. The van der Waals surface area contributed by atoms with Crippen molar-refractivity contribution in [1.29, 1.82) is 0 Å². The molecule has 0 amide bonds. The Morgan fingerprint density at radius 2 is 1.76 bits per heavy atom. The van der Waals surface area contributed by atoms with Gasteiger partial charge >= 0.3 is 0 Å². The third-order valence-electron chi connectivity index (χ3n) is 4.58.